The predicted molar refractivity (Wildman–Crippen MR) is 67.8 cm³/mol. The summed E-state index contributed by atoms with van der Waals surface area (Å²) in [5.74, 6) is 0.910. The Morgan fingerprint density at radius 2 is 2.41 bits per heavy atom. The molecule has 1 aliphatic rings. The first kappa shape index (κ1) is 11.7. The van der Waals surface area contributed by atoms with E-state index in [1.54, 1.807) is 7.11 Å². The Morgan fingerprint density at radius 3 is 2.94 bits per heavy atom. The van der Waals surface area contributed by atoms with Crippen LogP contribution in [0.3, 0.4) is 0 Å². The van der Waals surface area contributed by atoms with Crippen LogP contribution in [0, 0.1) is 11.3 Å². The Bertz CT molecular complexity index is 481. The zero-order valence-corrected chi connectivity index (χ0v) is 10.2. The number of hydrogen-bond donors (Lipinski definition) is 1. The van der Waals surface area contributed by atoms with Crippen molar-refractivity contribution in [1.29, 1.82) is 5.26 Å². The van der Waals surface area contributed by atoms with Crippen molar-refractivity contribution in [3.8, 4) is 11.8 Å². The number of benzene rings is 1. The van der Waals surface area contributed by atoms with Crippen LogP contribution in [-0.2, 0) is 6.42 Å². The van der Waals surface area contributed by atoms with Gasteiger partial charge < -0.3 is 10.1 Å². The summed E-state index contributed by atoms with van der Waals surface area (Å²) < 4.78 is 5.28. The van der Waals surface area contributed by atoms with Crippen LogP contribution < -0.4 is 10.1 Å². The second-order valence-electron chi connectivity index (χ2n) is 4.10. The van der Waals surface area contributed by atoms with Gasteiger partial charge >= 0.3 is 0 Å². The molecule has 3 heteroatoms. The summed E-state index contributed by atoms with van der Waals surface area (Å²) in [5.41, 5.74) is 3.03. The lowest BCUT2D eigenvalue weighted by Crippen LogP contribution is -1.95. The topological polar surface area (TPSA) is 55.0 Å². The van der Waals surface area contributed by atoms with Crippen LogP contribution in [0.1, 0.15) is 18.1 Å². The van der Waals surface area contributed by atoms with Gasteiger partial charge in [-0.1, -0.05) is 13.0 Å². The van der Waals surface area contributed by atoms with E-state index in [0.717, 1.165) is 29.9 Å². The SMILES string of the molecule is CCc1cc(/C=C(/C#N)C2CN2)ccc1OC. The monoisotopic (exact) mass is 228 g/mol. The molecule has 1 aromatic rings. The molecule has 1 aliphatic heterocycles. The van der Waals surface area contributed by atoms with Gasteiger partial charge in [0.1, 0.15) is 5.75 Å². The quantitative estimate of drug-likeness (QED) is 0.634. The molecular weight excluding hydrogens is 212 g/mol. The number of aryl methyl sites for hydroxylation is 1. The van der Waals surface area contributed by atoms with Gasteiger partial charge in [0.25, 0.3) is 0 Å². The van der Waals surface area contributed by atoms with E-state index in [2.05, 4.69) is 24.4 Å². The molecule has 1 atom stereocenters. The van der Waals surface area contributed by atoms with Crippen LogP contribution in [-0.4, -0.2) is 19.7 Å². The molecule has 17 heavy (non-hydrogen) atoms. The molecule has 0 spiro atoms. The third-order valence-electron chi connectivity index (χ3n) is 2.92. The van der Waals surface area contributed by atoms with Gasteiger partial charge in [0.2, 0.25) is 0 Å². The number of methoxy groups -OCH3 is 1. The molecule has 0 aromatic heterocycles. The summed E-state index contributed by atoms with van der Waals surface area (Å²) in [6.07, 6.45) is 2.87. The van der Waals surface area contributed by atoms with Gasteiger partial charge in [-0.05, 0) is 35.8 Å². The van der Waals surface area contributed by atoms with Crippen molar-refractivity contribution >= 4 is 6.08 Å². The fraction of sp³-hybridized carbons (Fsp3) is 0.357. The lowest BCUT2D eigenvalue weighted by atomic mass is 10.0. The third kappa shape index (κ3) is 2.66. The Hall–Kier alpha value is -1.79. The summed E-state index contributed by atoms with van der Waals surface area (Å²) in [6, 6.07) is 8.53. The lowest BCUT2D eigenvalue weighted by Gasteiger charge is -2.07. The van der Waals surface area contributed by atoms with E-state index in [4.69, 9.17) is 10.00 Å². The molecule has 88 valence electrons. The van der Waals surface area contributed by atoms with Gasteiger partial charge in [-0.2, -0.15) is 5.26 Å². The smallest absolute Gasteiger partial charge is 0.122 e. The maximum Gasteiger partial charge on any atom is 0.122 e. The zero-order chi connectivity index (χ0) is 12.3. The highest BCUT2D eigenvalue weighted by atomic mass is 16.5. The van der Waals surface area contributed by atoms with Crippen molar-refractivity contribution in [2.45, 2.75) is 19.4 Å². The molecular formula is C14H16N2O. The molecule has 0 aliphatic carbocycles. The van der Waals surface area contributed by atoms with E-state index in [-0.39, 0.29) is 6.04 Å². The first-order chi connectivity index (χ1) is 8.28. The zero-order valence-electron chi connectivity index (χ0n) is 10.2. The molecule has 0 saturated carbocycles. The Labute approximate surface area is 102 Å². The molecule has 0 radical (unpaired) electrons. The van der Waals surface area contributed by atoms with Crippen molar-refractivity contribution < 1.29 is 4.74 Å². The van der Waals surface area contributed by atoms with E-state index in [1.165, 1.54) is 5.56 Å². The summed E-state index contributed by atoms with van der Waals surface area (Å²) in [7, 11) is 1.68. The number of rotatable bonds is 4. The summed E-state index contributed by atoms with van der Waals surface area (Å²) >= 11 is 0. The number of nitrogens with zero attached hydrogens (tertiary/aromatic N) is 1. The van der Waals surface area contributed by atoms with Gasteiger partial charge in [-0.25, -0.2) is 0 Å². The number of nitrogens with one attached hydrogen (secondary N) is 1. The van der Waals surface area contributed by atoms with Crippen LogP contribution >= 0.6 is 0 Å². The van der Waals surface area contributed by atoms with Crippen molar-refractivity contribution in [3.63, 3.8) is 0 Å². The van der Waals surface area contributed by atoms with Crippen LogP contribution in [0.2, 0.25) is 0 Å². The maximum absolute atomic E-state index is 9.04. The lowest BCUT2D eigenvalue weighted by molar-refractivity contribution is 0.410. The van der Waals surface area contributed by atoms with Crippen LogP contribution in [0.5, 0.6) is 5.75 Å². The van der Waals surface area contributed by atoms with Crippen LogP contribution in [0.15, 0.2) is 23.8 Å². The molecule has 2 rings (SSSR count). The van der Waals surface area contributed by atoms with Crippen molar-refractivity contribution in [3.05, 3.63) is 34.9 Å². The summed E-state index contributed by atoms with van der Waals surface area (Å²) in [5, 5.41) is 12.2. The standard InChI is InChI=1S/C14H16N2O/c1-3-11-6-10(4-5-14(11)17-2)7-12(8-15)13-9-16-13/h4-7,13,16H,3,9H2,1-2H3/b12-7-. The molecule has 1 N–H and O–H groups in total. The van der Waals surface area contributed by atoms with Gasteiger partial charge in [-0.3, -0.25) is 0 Å². The van der Waals surface area contributed by atoms with Crippen LogP contribution in [0.4, 0.5) is 0 Å². The molecule has 1 heterocycles. The van der Waals surface area contributed by atoms with Crippen molar-refractivity contribution in [2.24, 2.45) is 0 Å². The normalized spacial score (nSPS) is 18.6. The van der Waals surface area contributed by atoms with Gasteiger partial charge in [0, 0.05) is 12.1 Å². The van der Waals surface area contributed by atoms with Gasteiger partial charge in [-0.15, -0.1) is 0 Å². The Kier molecular flexibility index (Phi) is 3.46. The molecule has 0 amide bonds. The van der Waals surface area contributed by atoms with Crippen molar-refractivity contribution in [2.75, 3.05) is 13.7 Å². The molecule has 1 fully saturated rings. The number of nitriles is 1. The minimum atomic E-state index is 0.257. The first-order valence-corrected chi connectivity index (χ1v) is 5.80. The molecule has 3 nitrogen and oxygen atoms in total. The fourth-order valence-electron chi connectivity index (χ4n) is 1.83. The summed E-state index contributed by atoms with van der Waals surface area (Å²) in [6.45, 7) is 3.01. The largest absolute Gasteiger partial charge is 0.496 e. The third-order valence-corrected chi connectivity index (χ3v) is 2.92. The van der Waals surface area contributed by atoms with Crippen molar-refractivity contribution in [1.82, 2.24) is 5.32 Å². The average molecular weight is 228 g/mol. The number of ether oxygens (including phenoxy) is 1. The van der Waals surface area contributed by atoms with E-state index in [9.17, 15) is 0 Å². The highest BCUT2D eigenvalue weighted by Crippen LogP contribution is 2.23. The second-order valence-corrected chi connectivity index (χ2v) is 4.10. The fourth-order valence-corrected chi connectivity index (χ4v) is 1.83. The molecule has 1 aromatic carbocycles. The van der Waals surface area contributed by atoms with E-state index >= 15 is 0 Å². The van der Waals surface area contributed by atoms with Gasteiger partial charge in [0.05, 0.1) is 19.2 Å². The Balaban J connectivity index is 2.30. The minimum absolute atomic E-state index is 0.257. The molecule has 1 saturated heterocycles. The average Bonchev–Trinajstić information content (AvgIpc) is 3.19. The molecule has 0 bridgehead atoms. The van der Waals surface area contributed by atoms with E-state index in [0.29, 0.717) is 0 Å². The Morgan fingerprint density at radius 1 is 1.65 bits per heavy atom. The van der Waals surface area contributed by atoms with Gasteiger partial charge in [0.15, 0.2) is 0 Å². The highest BCUT2D eigenvalue weighted by molar-refractivity contribution is 5.61. The molecule has 1 unspecified atom stereocenters. The van der Waals surface area contributed by atoms with E-state index < -0.39 is 0 Å². The first-order valence-electron chi connectivity index (χ1n) is 5.80. The predicted octanol–water partition coefficient (Wildman–Crippen LogP) is 2.14. The van der Waals surface area contributed by atoms with Crippen LogP contribution in [0.25, 0.3) is 6.08 Å². The van der Waals surface area contributed by atoms with E-state index in [1.807, 2.05) is 18.2 Å². The maximum atomic E-state index is 9.04. The highest BCUT2D eigenvalue weighted by Gasteiger charge is 2.24. The summed E-state index contributed by atoms with van der Waals surface area (Å²) in [4.78, 5) is 0. The second kappa shape index (κ2) is 5.03. The number of hydrogen-bond acceptors (Lipinski definition) is 3. The minimum Gasteiger partial charge on any atom is -0.496 e.